The van der Waals surface area contributed by atoms with Crippen molar-refractivity contribution in [2.75, 3.05) is 13.7 Å². The van der Waals surface area contributed by atoms with E-state index in [2.05, 4.69) is 15.9 Å². The Morgan fingerprint density at radius 3 is 2.94 bits per heavy atom. The minimum atomic E-state index is -0.388. The van der Waals surface area contributed by atoms with Crippen molar-refractivity contribution in [1.82, 2.24) is 4.90 Å². The standard InChI is InChI=1S/C12H13BrFNO2/c1-17-10-4-2-3-8(12(10)14)6-15-7-9(13)5-11(15)16/h2-4,9H,5-7H2,1H3. The Hall–Kier alpha value is -1.10. The quantitative estimate of drug-likeness (QED) is 0.802. The largest absolute Gasteiger partial charge is 0.494 e. The predicted octanol–water partition coefficient (Wildman–Crippen LogP) is 2.33. The summed E-state index contributed by atoms with van der Waals surface area (Å²) in [6.45, 7) is 0.916. The first kappa shape index (κ1) is 12.4. The highest BCUT2D eigenvalue weighted by atomic mass is 79.9. The molecule has 1 aromatic rings. The molecule has 0 radical (unpaired) electrons. The van der Waals surface area contributed by atoms with Crippen molar-refractivity contribution in [1.29, 1.82) is 0 Å². The highest BCUT2D eigenvalue weighted by molar-refractivity contribution is 9.09. The number of halogens is 2. The van der Waals surface area contributed by atoms with Gasteiger partial charge in [0, 0.05) is 29.9 Å². The fraction of sp³-hybridized carbons (Fsp3) is 0.417. The summed E-state index contributed by atoms with van der Waals surface area (Å²) < 4.78 is 18.8. The average Bonchev–Trinajstić information content (AvgIpc) is 2.60. The molecule has 0 N–H and O–H groups in total. The molecule has 1 aliphatic heterocycles. The van der Waals surface area contributed by atoms with E-state index in [0.29, 0.717) is 25.1 Å². The number of likely N-dealkylation sites (tertiary alicyclic amines) is 1. The molecule has 1 aliphatic rings. The number of amides is 1. The van der Waals surface area contributed by atoms with Gasteiger partial charge in [-0.2, -0.15) is 0 Å². The van der Waals surface area contributed by atoms with Crippen LogP contribution in [0.5, 0.6) is 5.75 Å². The van der Waals surface area contributed by atoms with Crippen molar-refractivity contribution in [2.24, 2.45) is 0 Å². The highest BCUT2D eigenvalue weighted by Crippen LogP contribution is 2.24. The van der Waals surface area contributed by atoms with Crippen LogP contribution in [0.4, 0.5) is 4.39 Å². The Bertz CT molecular complexity index is 439. The van der Waals surface area contributed by atoms with E-state index in [1.807, 2.05) is 0 Å². The van der Waals surface area contributed by atoms with Crippen LogP contribution in [0.15, 0.2) is 18.2 Å². The second-order valence-corrected chi connectivity index (χ2v) is 5.30. The van der Waals surface area contributed by atoms with Gasteiger partial charge in [0.2, 0.25) is 5.91 Å². The maximum atomic E-state index is 13.9. The van der Waals surface area contributed by atoms with Crippen molar-refractivity contribution in [3.8, 4) is 5.75 Å². The maximum absolute atomic E-state index is 13.9. The lowest BCUT2D eigenvalue weighted by molar-refractivity contribution is -0.128. The smallest absolute Gasteiger partial charge is 0.224 e. The first-order chi connectivity index (χ1) is 8.11. The number of hydrogen-bond donors (Lipinski definition) is 0. The Kier molecular flexibility index (Phi) is 3.66. The Labute approximate surface area is 108 Å². The van der Waals surface area contributed by atoms with Gasteiger partial charge in [-0.1, -0.05) is 28.1 Å². The highest BCUT2D eigenvalue weighted by Gasteiger charge is 2.28. The van der Waals surface area contributed by atoms with Crippen LogP contribution < -0.4 is 4.74 Å². The van der Waals surface area contributed by atoms with Crippen molar-refractivity contribution < 1.29 is 13.9 Å². The molecule has 2 rings (SSSR count). The van der Waals surface area contributed by atoms with E-state index in [-0.39, 0.29) is 22.3 Å². The second kappa shape index (κ2) is 5.04. The molecule has 1 atom stereocenters. The Morgan fingerprint density at radius 2 is 2.35 bits per heavy atom. The first-order valence-corrected chi connectivity index (χ1v) is 6.26. The lowest BCUT2D eigenvalue weighted by Gasteiger charge is -2.17. The third kappa shape index (κ3) is 2.60. The zero-order chi connectivity index (χ0) is 12.4. The molecule has 1 heterocycles. The van der Waals surface area contributed by atoms with Gasteiger partial charge in [-0.25, -0.2) is 4.39 Å². The van der Waals surface area contributed by atoms with E-state index in [1.165, 1.54) is 7.11 Å². The van der Waals surface area contributed by atoms with E-state index < -0.39 is 0 Å². The zero-order valence-electron chi connectivity index (χ0n) is 9.45. The molecule has 0 saturated carbocycles. The number of nitrogens with zero attached hydrogens (tertiary/aromatic N) is 1. The minimum absolute atomic E-state index is 0.0501. The van der Waals surface area contributed by atoms with Crippen LogP contribution in [-0.4, -0.2) is 29.3 Å². The first-order valence-electron chi connectivity index (χ1n) is 5.35. The fourth-order valence-corrected chi connectivity index (χ4v) is 2.54. The Balaban J connectivity index is 2.16. The van der Waals surface area contributed by atoms with E-state index in [9.17, 15) is 9.18 Å². The maximum Gasteiger partial charge on any atom is 0.224 e. The summed E-state index contributed by atoms with van der Waals surface area (Å²) in [5, 5.41) is 0. The van der Waals surface area contributed by atoms with Crippen LogP contribution in [0.2, 0.25) is 0 Å². The van der Waals surface area contributed by atoms with E-state index in [1.54, 1.807) is 23.1 Å². The van der Waals surface area contributed by atoms with Gasteiger partial charge in [-0.3, -0.25) is 4.79 Å². The van der Waals surface area contributed by atoms with Crippen LogP contribution in [0, 0.1) is 5.82 Å². The van der Waals surface area contributed by atoms with Crippen molar-refractivity contribution in [3.05, 3.63) is 29.6 Å². The lowest BCUT2D eigenvalue weighted by Crippen LogP contribution is -2.25. The van der Waals surface area contributed by atoms with Crippen LogP contribution in [-0.2, 0) is 11.3 Å². The van der Waals surface area contributed by atoms with Crippen LogP contribution in [0.1, 0.15) is 12.0 Å². The molecule has 3 nitrogen and oxygen atoms in total. The molecular weight excluding hydrogens is 289 g/mol. The predicted molar refractivity (Wildman–Crippen MR) is 65.7 cm³/mol. The zero-order valence-corrected chi connectivity index (χ0v) is 11.0. The second-order valence-electron chi connectivity index (χ2n) is 4.01. The molecule has 0 aromatic heterocycles. The van der Waals surface area contributed by atoms with Crippen molar-refractivity contribution >= 4 is 21.8 Å². The molecular formula is C12H13BrFNO2. The van der Waals surface area contributed by atoms with Gasteiger partial charge in [0.25, 0.3) is 0 Å². The Morgan fingerprint density at radius 1 is 1.59 bits per heavy atom. The number of benzene rings is 1. The molecule has 17 heavy (non-hydrogen) atoms. The lowest BCUT2D eigenvalue weighted by atomic mass is 10.2. The number of ether oxygens (including phenoxy) is 1. The number of hydrogen-bond acceptors (Lipinski definition) is 2. The molecule has 1 unspecified atom stereocenters. The average molecular weight is 302 g/mol. The van der Waals surface area contributed by atoms with Gasteiger partial charge in [-0.05, 0) is 6.07 Å². The molecule has 0 aliphatic carbocycles. The summed E-state index contributed by atoms with van der Waals surface area (Å²) in [4.78, 5) is 13.4. The van der Waals surface area contributed by atoms with Crippen molar-refractivity contribution in [3.63, 3.8) is 0 Å². The summed E-state index contributed by atoms with van der Waals surface area (Å²) in [5.74, 6) is -0.126. The van der Waals surface area contributed by atoms with E-state index in [4.69, 9.17) is 4.74 Å². The molecule has 1 saturated heterocycles. The van der Waals surface area contributed by atoms with Crippen LogP contribution in [0.3, 0.4) is 0 Å². The van der Waals surface area contributed by atoms with Gasteiger partial charge in [-0.15, -0.1) is 0 Å². The summed E-state index contributed by atoms with van der Waals surface area (Å²) in [6, 6.07) is 4.97. The third-order valence-corrected chi connectivity index (χ3v) is 3.40. The van der Waals surface area contributed by atoms with Crippen LogP contribution in [0.25, 0.3) is 0 Å². The normalized spacial score (nSPS) is 19.8. The number of carbonyl (C=O) groups is 1. The van der Waals surface area contributed by atoms with Gasteiger partial charge in [0.15, 0.2) is 11.6 Å². The monoisotopic (exact) mass is 301 g/mol. The van der Waals surface area contributed by atoms with E-state index >= 15 is 0 Å². The van der Waals surface area contributed by atoms with Gasteiger partial charge in [0.1, 0.15) is 0 Å². The summed E-state index contributed by atoms with van der Waals surface area (Å²) in [5.41, 5.74) is 0.485. The molecule has 1 aromatic carbocycles. The summed E-state index contributed by atoms with van der Waals surface area (Å²) in [7, 11) is 1.43. The molecule has 1 amide bonds. The van der Waals surface area contributed by atoms with Gasteiger partial charge < -0.3 is 9.64 Å². The fourth-order valence-electron chi connectivity index (χ4n) is 1.92. The molecule has 5 heteroatoms. The molecule has 0 bridgehead atoms. The number of methoxy groups -OCH3 is 1. The molecule has 1 fully saturated rings. The molecule has 0 spiro atoms. The minimum Gasteiger partial charge on any atom is -0.494 e. The van der Waals surface area contributed by atoms with Crippen molar-refractivity contribution in [2.45, 2.75) is 17.8 Å². The summed E-state index contributed by atoms with van der Waals surface area (Å²) >= 11 is 3.40. The summed E-state index contributed by atoms with van der Waals surface area (Å²) in [6.07, 6.45) is 0.478. The number of rotatable bonds is 3. The van der Waals surface area contributed by atoms with Crippen LogP contribution >= 0.6 is 15.9 Å². The van der Waals surface area contributed by atoms with Gasteiger partial charge >= 0.3 is 0 Å². The number of carbonyl (C=O) groups excluding carboxylic acids is 1. The number of alkyl halides is 1. The third-order valence-electron chi connectivity index (χ3n) is 2.79. The molecule has 92 valence electrons. The van der Waals surface area contributed by atoms with E-state index in [0.717, 1.165) is 0 Å². The topological polar surface area (TPSA) is 29.5 Å². The van der Waals surface area contributed by atoms with Gasteiger partial charge in [0.05, 0.1) is 7.11 Å². The SMILES string of the molecule is COc1cccc(CN2CC(Br)CC2=O)c1F.